The van der Waals surface area contributed by atoms with Crippen molar-refractivity contribution in [3.63, 3.8) is 0 Å². The molecule has 5 rings (SSSR count). The molecule has 0 bridgehead atoms. The molecule has 6 nitrogen and oxygen atoms in total. The normalized spacial score (nSPS) is 13.6. The Kier molecular flexibility index (Phi) is 6.44. The largest absolute Gasteiger partial charge is 0.497 e. The highest BCUT2D eigenvalue weighted by molar-refractivity contribution is 5.99. The van der Waals surface area contributed by atoms with Crippen LogP contribution in [0.4, 0.5) is 5.82 Å². The number of aromatic nitrogens is 2. The molecule has 2 heterocycles. The fraction of sp³-hybridized carbons (Fsp3) is 0.207. The van der Waals surface area contributed by atoms with E-state index in [0.717, 1.165) is 29.8 Å². The van der Waals surface area contributed by atoms with Crippen LogP contribution in [-0.4, -0.2) is 29.5 Å². The first-order valence-electron chi connectivity index (χ1n) is 11.8. The highest BCUT2D eigenvalue weighted by atomic mass is 16.5. The maximum Gasteiger partial charge on any atom is 0.257 e. The van der Waals surface area contributed by atoms with Crippen molar-refractivity contribution in [2.75, 3.05) is 18.6 Å². The zero-order chi connectivity index (χ0) is 24.2. The highest BCUT2D eigenvalue weighted by Crippen LogP contribution is 2.29. The number of amides is 1. The molecule has 1 atom stereocenters. The topological polar surface area (TPSA) is 67.3 Å². The molecule has 176 valence electrons. The number of methoxy groups -OCH3 is 1. The summed E-state index contributed by atoms with van der Waals surface area (Å²) in [6, 6.07) is 25.9. The second-order valence-corrected chi connectivity index (χ2v) is 8.71. The smallest absolute Gasteiger partial charge is 0.257 e. The van der Waals surface area contributed by atoms with Gasteiger partial charge in [-0.05, 0) is 54.3 Å². The van der Waals surface area contributed by atoms with E-state index >= 15 is 0 Å². The number of fused-ring (bicyclic) bond motifs is 1. The predicted molar refractivity (Wildman–Crippen MR) is 138 cm³/mol. The Labute approximate surface area is 205 Å². The first kappa shape index (κ1) is 22.6. The van der Waals surface area contributed by atoms with Crippen LogP contribution in [-0.2, 0) is 13.0 Å². The third-order valence-electron chi connectivity index (χ3n) is 6.44. The van der Waals surface area contributed by atoms with Gasteiger partial charge >= 0.3 is 0 Å². The van der Waals surface area contributed by atoms with Crippen LogP contribution in [0.25, 0.3) is 11.4 Å². The van der Waals surface area contributed by atoms with Crippen LogP contribution >= 0.6 is 0 Å². The standard InChI is InChI=1S/C29H28N4O2/c1-20(21-8-4-3-5-9-21)31-29(34)26-18-30-27(23-12-14-25(35-2)15-13-23)32-28(26)33-17-16-22-10-6-7-11-24(22)19-33/h3-15,18,20H,16-17,19H2,1-2H3,(H,31,34)/t20-/m0/s1. The molecule has 3 aromatic carbocycles. The summed E-state index contributed by atoms with van der Waals surface area (Å²) < 4.78 is 5.28. The maximum atomic E-state index is 13.4. The lowest BCUT2D eigenvalue weighted by molar-refractivity contribution is 0.0939. The van der Waals surface area contributed by atoms with Gasteiger partial charge in [-0.3, -0.25) is 4.79 Å². The lowest BCUT2D eigenvalue weighted by atomic mass is 9.99. The van der Waals surface area contributed by atoms with Crippen molar-refractivity contribution in [3.8, 4) is 17.1 Å². The van der Waals surface area contributed by atoms with Gasteiger partial charge in [0.15, 0.2) is 5.82 Å². The van der Waals surface area contributed by atoms with Gasteiger partial charge < -0.3 is 15.0 Å². The number of nitrogens with one attached hydrogen (secondary N) is 1. The molecule has 4 aromatic rings. The number of hydrogen-bond donors (Lipinski definition) is 1. The van der Waals surface area contributed by atoms with Gasteiger partial charge in [0.1, 0.15) is 17.1 Å². The lowest BCUT2D eigenvalue weighted by Gasteiger charge is -2.31. The van der Waals surface area contributed by atoms with E-state index in [-0.39, 0.29) is 11.9 Å². The second-order valence-electron chi connectivity index (χ2n) is 8.71. The third-order valence-corrected chi connectivity index (χ3v) is 6.44. The minimum atomic E-state index is -0.184. The highest BCUT2D eigenvalue weighted by Gasteiger charge is 2.25. The van der Waals surface area contributed by atoms with Crippen molar-refractivity contribution in [1.82, 2.24) is 15.3 Å². The van der Waals surface area contributed by atoms with Crippen LogP contribution in [0.3, 0.4) is 0 Å². The van der Waals surface area contributed by atoms with Crippen molar-refractivity contribution in [2.24, 2.45) is 0 Å². The lowest BCUT2D eigenvalue weighted by Crippen LogP contribution is -2.34. The number of benzene rings is 3. The number of anilines is 1. The van der Waals surface area contributed by atoms with E-state index in [9.17, 15) is 4.79 Å². The van der Waals surface area contributed by atoms with Crippen LogP contribution in [0, 0.1) is 0 Å². The first-order chi connectivity index (χ1) is 17.1. The van der Waals surface area contributed by atoms with Crippen LogP contribution in [0.2, 0.25) is 0 Å². The van der Waals surface area contributed by atoms with Crippen molar-refractivity contribution in [3.05, 3.63) is 107 Å². The summed E-state index contributed by atoms with van der Waals surface area (Å²) in [6.45, 7) is 3.46. The molecule has 35 heavy (non-hydrogen) atoms. The molecule has 0 fully saturated rings. The molecule has 1 aliphatic rings. The van der Waals surface area contributed by atoms with E-state index in [1.54, 1.807) is 13.3 Å². The predicted octanol–water partition coefficient (Wildman–Crippen LogP) is 5.21. The Morgan fingerprint density at radius 1 is 0.971 bits per heavy atom. The Balaban J connectivity index is 1.49. The molecular weight excluding hydrogens is 436 g/mol. The molecule has 1 aromatic heterocycles. The number of nitrogens with zero attached hydrogens (tertiary/aromatic N) is 3. The molecule has 1 N–H and O–H groups in total. The van der Waals surface area contributed by atoms with E-state index in [4.69, 9.17) is 9.72 Å². The number of carbonyl (C=O) groups is 1. The summed E-state index contributed by atoms with van der Waals surface area (Å²) in [5.74, 6) is 1.82. The van der Waals surface area contributed by atoms with Crippen molar-refractivity contribution in [1.29, 1.82) is 0 Å². The van der Waals surface area contributed by atoms with Gasteiger partial charge in [0, 0.05) is 24.8 Å². The van der Waals surface area contributed by atoms with Crippen molar-refractivity contribution in [2.45, 2.75) is 25.9 Å². The van der Waals surface area contributed by atoms with E-state index < -0.39 is 0 Å². The number of hydrogen-bond acceptors (Lipinski definition) is 5. The van der Waals surface area contributed by atoms with Crippen LogP contribution < -0.4 is 15.0 Å². The Bertz CT molecular complexity index is 1320. The molecular formula is C29H28N4O2. The van der Waals surface area contributed by atoms with Gasteiger partial charge in [-0.25, -0.2) is 9.97 Å². The van der Waals surface area contributed by atoms with Gasteiger partial charge in [0.25, 0.3) is 5.91 Å². The average molecular weight is 465 g/mol. The quantitative estimate of drug-likeness (QED) is 0.425. The van der Waals surface area contributed by atoms with Gasteiger partial charge in [0.05, 0.1) is 13.2 Å². The van der Waals surface area contributed by atoms with Gasteiger partial charge in [-0.2, -0.15) is 0 Å². The monoisotopic (exact) mass is 464 g/mol. The van der Waals surface area contributed by atoms with E-state index in [1.807, 2.05) is 61.5 Å². The fourth-order valence-electron chi connectivity index (χ4n) is 4.43. The molecule has 0 saturated heterocycles. The van der Waals surface area contributed by atoms with Crippen molar-refractivity contribution >= 4 is 11.7 Å². The molecule has 1 amide bonds. The average Bonchev–Trinajstić information content (AvgIpc) is 2.93. The Morgan fingerprint density at radius 2 is 1.69 bits per heavy atom. The molecule has 0 aliphatic carbocycles. The van der Waals surface area contributed by atoms with E-state index in [2.05, 4.69) is 39.5 Å². The van der Waals surface area contributed by atoms with Gasteiger partial charge in [0.2, 0.25) is 0 Å². The molecule has 0 saturated carbocycles. The van der Waals surface area contributed by atoms with Crippen LogP contribution in [0.5, 0.6) is 5.75 Å². The van der Waals surface area contributed by atoms with Gasteiger partial charge in [-0.15, -0.1) is 0 Å². The summed E-state index contributed by atoms with van der Waals surface area (Å²) in [4.78, 5) is 25.1. The molecule has 0 unspecified atom stereocenters. The Morgan fingerprint density at radius 3 is 2.43 bits per heavy atom. The molecule has 1 aliphatic heterocycles. The van der Waals surface area contributed by atoms with Crippen LogP contribution in [0.15, 0.2) is 85.1 Å². The SMILES string of the molecule is COc1ccc(-c2ncc(C(=O)N[C@@H](C)c3ccccc3)c(N3CCc4ccccc4C3)n2)cc1. The number of ether oxygens (including phenoxy) is 1. The maximum absolute atomic E-state index is 13.4. The number of rotatable bonds is 6. The van der Waals surface area contributed by atoms with Gasteiger partial charge in [-0.1, -0.05) is 54.6 Å². The second kappa shape index (κ2) is 9.97. The number of carbonyl (C=O) groups excluding carboxylic acids is 1. The molecule has 6 heteroatoms. The summed E-state index contributed by atoms with van der Waals surface area (Å²) in [7, 11) is 1.64. The first-order valence-corrected chi connectivity index (χ1v) is 11.8. The summed E-state index contributed by atoms with van der Waals surface area (Å²) in [5, 5.41) is 3.12. The summed E-state index contributed by atoms with van der Waals surface area (Å²) >= 11 is 0. The summed E-state index contributed by atoms with van der Waals surface area (Å²) in [5.41, 5.74) is 4.99. The third kappa shape index (κ3) is 4.87. The molecule has 0 radical (unpaired) electrons. The molecule has 0 spiro atoms. The fourth-order valence-corrected chi connectivity index (χ4v) is 4.43. The Hall–Kier alpha value is -4.19. The van der Waals surface area contributed by atoms with E-state index in [1.165, 1.54) is 11.1 Å². The zero-order valence-corrected chi connectivity index (χ0v) is 19.9. The zero-order valence-electron chi connectivity index (χ0n) is 19.9. The van der Waals surface area contributed by atoms with E-state index in [0.29, 0.717) is 23.8 Å². The minimum absolute atomic E-state index is 0.139. The van der Waals surface area contributed by atoms with Crippen molar-refractivity contribution < 1.29 is 9.53 Å². The van der Waals surface area contributed by atoms with Crippen LogP contribution in [0.1, 0.15) is 40.0 Å². The summed E-state index contributed by atoms with van der Waals surface area (Å²) in [6.07, 6.45) is 2.55. The minimum Gasteiger partial charge on any atom is -0.497 e.